The van der Waals surface area contributed by atoms with Crippen LogP contribution in [0.4, 0.5) is 4.39 Å². The Hall–Kier alpha value is -1.81. The van der Waals surface area contributed by atoms with Crippen LogP contribution in [0.15, 0.2) is 42.7 Å². The molecule has 0 heterocycles. The number of hydrazine groups is 1. The van der Waals surface area contributed by atoms with Gasteiger partial charge in [0.2, 0.25) is 0 Å². The maximum absolute atomic E-state index is 13.3. The van der Waals surface area contributed by atoms with Gasteiger partial charge in [-0.05, 0) is 42.0 Å². The molecule has 0 aliphatic heterocycles. The van der Waals surface area contributed by atoms with Gasteiger partial charge in [-0.25, -0.2) is 10.2 Å². The summed E-state index contributed by atoms with van der Waals surface area (Å²) >= 11 is 0. The van der Waals surface area contributed by atoms with Gasteiger partial charge in [0, 0.05) is 12.2 Å². The van der Waals surface area contributed by atoms with Crippen LogP contribution in [-0.4, -0.2) is 11.1 Å². The van der Waals surface area contributed by atoms with Crippen molar-refractivity contribution in [2.45, 2.75) is 38.6 Å². The molecule has 4 heteroatoms. The number of allylic oxidation sites excluding steroid dienone is 1. The normalized spacial score (nSPS) is 22.9. The van der Waals surface area contributed by atoms with E-state index in [0.29, 0.717) is 28.8 Å². The lowest BCUT2D eigenvalue weighted by Gasteiger charge is -2.33. The third-order valence-corrected chi connectivity index (χ3v) is 4.14. The first-order valence-electron chi connectivity index (χ1n) is 7.43. The van der Waals surface area contributed by atoms with Crippen molar-refractivity contribution in [1.82, 2.24) is 5.01 Å². The molecule has 1 aliphatic rings. The number of halogens is 1. The molecule has 21 heavy (non-hydrogen) atoms. The van der Waals surface area contributed by atoms with Crippen LogP contribution < -0.4 is 11.6 Å². The zero-order valence-corrected chi connectivity index (χ0v) is 12.6. The van der Waals surface area contributed by atoms with Crippen LogP contribution in [0, 0.1) is 11.7 Å². The van der Waals surface area contributed by atoms with Crippen LogP contribution in [0.3, 0.4) is 0 Å². The Bertz CT molecular complexity index is 539. The van der Waals surface area contributed by atoms with Crippen LogP contribution in [0.1, 0.15) is 38.2 Å². The van der Waals surface area contributed by atoms with Gasteiger partial charge < -0.3 is 10.7 Å². The molecule has 3 nitrogen and oxygen atoms in total. The zero-order chi connectivity index (χ0) is 15.4. The number of rotatable bonds is 4. The molecule has 2 atom stereocenters. The number of hydrogen-bond donors (Lipinski definition) is 2. The predicted molar refractivity (Wildman–Crippen MR) is 85.2 cm³/mol. The summed E-state index contributed by atoms with van der Waals surface area (Å²) in [6.07, 6.45) is 6.33. The van der Waals surface area contributed by atoms with Crippen LogP contribution in [0.2, 0.25) is 0 Å². The lowest BCUT2D eigenvalue weighted by molar-refractivity contribution is 0.187. The highest BCUT2D eigenvalue weighted by atomic mass is 19.1. The topological polar surface area (TPSA) is 55.3 Å². The van der Waals surface area contributed by atoms with E-state index < -0.39 is 0 Å². The molecule has 1 aromatic rings. The van der Waals surface area contributed by atoms with Crippen molar-refractivity contribution < 1.29 is 4.39 Å². The van der Waals surface area contributed by atoms with Gasteiger partial charge >= 0.3 is 0 Å². The van der Waals surface area contributed by atoms with Crippen LogP contribution in [0.5, 0.6) is 0 Å². The van der Waals surface area contributed by atoms with Crippen molar-refractivity contribution >= 4 is 5.57 Å². The summed E-state index contributed by atoms with van der Waals surface area (Å²) in [6, 6.07) is 6.57. The predicted octanol–water partition coefficient (Wildman–Crippen LogP) is 3.39. The molecular formula is C17H24FN3. The van der Waals surface area contributed by atoms with E-state index in [2.05, 4.69) is 13.5 Å². The van der Waals surface area contributed by atoms with E-state index in [1.54, 1.807) is 23.3 Å². The van der Waals surface area contributed by atoms with Crippen LogP contribution in [0.25, 0.3) is 5.57 Å². The second-order valence-corrected chi connectivity index (χ2v) is 5.95. The average molecular weight is 289 g/mol. The van der Waals surface area contributed by atoms with E-state index in [1.165, 1.54) is 25.0 Å². The molecule has 0 bridgehead atoms. The summed E-state index contributed by atoms with van der Waals surface area (Å²) in [5.74, 6) is 6.51. The van der Waals surface area contributed by atoms with Gasteiger partial charge in [-0.15, -0.1) is 0 Å². The first kappa shape index (κ1) is 15.6. The van der Waals surface area contributed by atoms with Gasteiger partial charge in [0.05, 0.1) is 5.70 Å². The molecule has 1 aromatic carbocycles. The van der Waals surface area contributed by atoms with E-state index in [9.17, 15) is 4.39 Å². The smallest absolute Gasteiger partial charge is 0.123 e. The Labute approximate surface area is 126 Å². The van der Waals surface area contributed by atoms with Crippen molar-refractivity contribution in [3.63, 3.8) is 0 Å². The highest BCUT2D eigenvalue weighted by molar-refractivity contribution is 5.76. The lowest BCUT2D eigenvalue weighted by Crippen LogP contribution is -2.40. The largest absolute Gasteiger partial charge is 0.397 e. The molecule has 4 N–H and O–H groups in total. The number of benzene rings is 1. The molecule has 1 saturated carbocycles. The minimum absolute atomic E-state index is 0.299. The molecule has 2 rings (SSSR count). The summed E-state index contributed by atoms with van der Waals surface area (Å²) < 4.78 is 13.3. The van der Waals surface area contributed by atoms with E-state index in [-0.39, 0.29) is 5.82 Å². The first-order valence-corrected chi connectivity index (χ1v) is 7.43. The van der Waals surface area contributed by atoms with E-state index >= 15 is 0 Å². The minimum Gasteiger partial charge on any atom is -0.397 e. The van der Waals surface area contributed by atoms with E-state index in [0.717, 1.165) is 12.8 Å². The fourth-order valence-corrected chi connectivity index (χ4v) is 2.86. The molecule has 114 valence electrons. The SMILES string of the molecule is C=C(/C(N)=C/N(N)C1CCCC(C)C1)c1cccc(F)c1. The minimum atomic E-state index is -0.299. The second kappa shape index (κ2) is 6.76. The van der Waals surface area contributed by atoms with E-state index in [1.807, 2.05) is 0 Å². The molecule has 0 saturated heterocycles. The number of nitrogens with zero attached hydrogens (tertiary/aromatic N) is 1. The summed E-state index contributed by atoms with van der Waals surface area (Å²) in [5.41, 5.74) is 7.80. The third-order valence-electron chi connectivity index (χ3n) is 4.14. The van der Waals surface area contributed by atoms with Gasteiger partial charge in [-0.2, -0.15) is 0 Å². The van der Waals surface area contributed by atoms with Crippen molar-refractivity contribution in [2.24, 2.45) is 17.5 Å². The molecule has 1 fully saturated rings. The Morgan fingerprint density at radius 3 is 2.86 bits per heavy atom. The highest BCUT2D eigenvalue weighted by Crippen LogP contribution is 2.27. The van der Waals surface area contributed by atoms with Crippen LogP contribution >= 0.6 is 0 Å². The van der Waals surface area contributed by atoms with Gasteiger partial charge in [0.15, 0.2) is 0 Å². The third kappa shape index (κ3) is 4.08. The maximum atomic E-state index is 13.3. The van der Waals surface area contributed by atoms with Crippen molar-refractivity contribution in [2.75, 3.05) is 0 Å². The fourth-order valence-electron chi connectivity index (χ4n) is 2.86. The Kier molecular flexibility index (Phi) is 5.02. The first-order chi connectivity index (χ1) is 9.97. The Morgan fingerprint density at radius 2 is 2.19 bits per heavy atom. The second-order valence-electron chi connectivity index (χ2n) is 5.95. The average Bonchev–Trinajstić information content (AvgIpc) is 2.46. The molecule has 0 radical (unpaired) electrons. The fraction of sp³-hybridized carbons (Fsp3) is 0.412. The highest BCUT2D eigenvalue weighted by Gasteiger charge is 2.21. The Balaban J connectivity index is 2.07. The quantitative estimate of drug-likeness (QED) is 0.507. The van der Waals surface area contributed by atoms with Gasteiger partial charge in [0.1, 0.15) is 5.82 Å². The summed E-state index contributed by atoms with van der Waals surface area (Å²) in [5, 5.41) is 1.69. The maximum Gasteiger partial charge on any atom is 0.123 e. The van der Waals surface area contributed by atoms with Crippen molar-refractivity contribution in [1.29, 1.82) is 0 Å². The number of nitrogens with two attached hydrogens (primary N) is 2. The van der Waals surface area contributed by atoms with Gasteiger partial charge in [-0.1, -0.05) is 38.5 Å². The standard InChI is InChI=1S/C17H24FN3/c1-12-5-3-8-16(9-12)21(20)11-17(19)13(2)14-6-4-7-15(18)10-14/h4,6-7,10-12,16H,2-3,5,8-9,19-20H2,1H3/b17-11-. The Morgan fingerprint density at radius 1 is 1.43 bits per heavy atom. The molecule has 0 amide bonds. The van der Waals surface area contributed by atoms with E-state index in [4.69, 9.17) is 11.6 Å². The molecule has 0 spiro atoms. The molecule has 2 unspecified atom stereocenters. The zero-order valence-electron chi connectivity index (χ0n) is 12.6. The molecule has 0 aromatic heterocycles. The molecule has 1 aliphatic carbocycles. The summed E-state index contributed by atoms with van der Waals surface area (Å²) in [4.78, 5) is 0. The lowest BCUT2D eigenvalue weighted by atomic mass is 9.87. The van der Waals surface area contributed by atoms with Crippen LogP contribution in [-0.2, 0) is 0 Å². The van der Waals surface area contributed by atoms with Crippen molar-refractivity contribution in [3.05, 3.63) is 54.1 Å². The van der Waals surface area contributed by atoms with Crippen molar-refractivity contribution in [3.8, 4) is 0 Å². The monoisotopic (exact) mass is 289 g/mol. The van der Waals surface area contributed by atoms with Gasteiger partial charge in [-0.3, -0.25) is 0 Å². The van der Waals surface area contributed by atoms with Gasteiger partial charge in [0.25, 0.3) is 0 Å². The summed E-state index contributed by atoms with van der Waals surface area (Å²) in [7, 11) is 0. The number of hydrogen-bond acceptors (Lipinski definition) is 3. The summed E-state index contributed by atoms with van der Waals surface area (Å²) in [6.45, 7) is 6.19. The molecular weight excluding hydrogens is 265 g/mol.